The molecule has 0 aliphatic rings. The summed E-state index contributed by atoms with van der Waals surface area (Å²) < 4.78 is 0. The first-order chi connectivity index (χ1) is 6.88. The van der Waals surface area contributed by atoms with Crippen LogP contribution in [0.4, 0.5) is 0 Å². The van der Waals surface area contributed by atoms with Gasteiger partial charge in [0, 0.05) is 12.8 Å². The van der Waals surface area contributed by atoms with Crippen molar-refractivity contribution in [2.45, 2.75) is 20.3 Å². The van der Waals surface area contributed by atoms with Gasteiger partial charge < -0.3 is 0 Å². The predicted octanol–water partition coefficient (Wildman–Crippen LogP) is 3.57. The van der Waals surface area contributed by atoms with Crippen LogP contribution in [0.25, 0.3) is 5.57 Å². The molecule has 0 amide bonds. The summed E-state index contributed by atoms with van der Waals surface area (Å²) >= 11 is 0. The van der Waals surface area contributed by atoms with E-state index in [1.165, 1.54) is 11.1 Å². The second-order valence-electron chi connectivity index (χ2n) is 3.06. The molecular formula is C13H17N. The Morgan fingerprint density at radius 1 is 1.21 bits per heavy atom. The average molecular weight is 187 g/mol. The topological polar surface area (TPSA) is 12.4 Å². The van der Waals surface area contributed by atoms with Crippen molar-refractivity contribution < 1.29 is 0 Å². The van der Waals surface area contributed by atoms with Crippen molar-refractivity contribution in [2.75, 3.05) is 6.54 Å². The first kappa shape index (κ1) is 10.7. The highest BCUT2D eigenvalue weighted by Gasteiger charge is 1.95. The van der Waals surface area contributed by atoms with Crippen LogP contribution in [0.1, 0.15) is 25.8 Å². The number of nitrogens with zero attached hydrogens (tertiary/aromatic N) is 1. The highest BCUT2D eigenvalue weighted by molar-refractivity contribution is 6.09. The Morgan fingerprint density at radius 3 is 2.50 bits per heavy atom. The lowest BCUT2D eigenvalue weighted by Crippen LogP contribution is -1.86. The summed E-state index contributed by atoms with van der Waals surface area (Å²) in [6, 6.07) is 10.4. The minimum absolute atomic E-state index is 0.841. The fourth-order valence-electron chi connectivity index (χ4n) is 1.29. The molecule has 0 spiro atoms. The molecule has 0 aromatic heterocycles. The zero-order valence-corrected chi connectivity index (χ0v) is 8.90. The Balaban J connectivity index is 2.90. The zero-order valence-electron chi connectivity index (χ0n) is 8.90. The van der Waals surface area contributed by atoms with Gasteiger partial charge in [-0.3, -0.25) is 4.99 Å². The first-order valence-electron chi connectivity index (χ1n) is 5.13. The minimum atomic E-state index is 0.841. The monoisotopic (exact) mass is 187 g/mol. The quantitative estimate of drug-likeness (QED) is 0.639. The molecule has 0 bridgehead atoms. The molecule has 1 aromatic carbocycles. The Morgan fingerprint density at radius 2 is 1.93 bits per heavy atom. The second kappa shape index (κ2) is 6.14. The molecule has 0 aliphatic carbocycles. The van der Waals surface area contributed by atoms with E-state index in [1.807, 2.05) is 19.2 Å². The predicted molar refractivity (Wildman–Crippen MR) is 63.7 cm³/mol. The van der Waals surface area contributed by atoms with E-state index in [0.29, 0.717) is 0 Å². The zero-order chi connectivity index (χ0) is 10.2. The molecule has 0 unspecified atom stereocenters. The lowest BCUT2D eigenvalue weighted by Gasteiger charge is -2.00. The van der Waals surface area contributed by atoms with Crippen LogP contribution in [-0.4, -0.2) is 12.8 Å². The summed E-state index contributed by atoms with van der Waals surface area (Å²) in [5.41, 5.74) is 2.46. The third-order valence-electron chi connectivity index (χ3n) is 1.94. The van der Waals surface area contributed by atoms with E-state index in [4.69, 9.17) is 0 Å². The molecular weight excluding hydrogens is 170 g/mol. The molecule has 74 valence electrons. The molecule has 0 heterocycles. The number of rotatable bonds is 4. The molecule has 0 atom stereocenters. The van der Waals surface area contributed by atoms with Gasteiger partial charge in [0.15, 0.2) is 0 Å². The summed E-state index contributed by atoms with van der Waals surface area (Å²) in [7, 11) is 0. The molecule has 1 aromatic rings. The van der Waals surface area contributed by atoms with Crippen molar-refractivity contribution in [1.82, 2.24) is 0 Å². The Labute approximate surface area is 86.2 Å². The van der Waals surface area contributed by atoms with Gasteiger partial charge in [-0.1, -0.05) is 43.3 Å². The van der Waals surface area contributed by atoms with Gasteiger partial charge in [-0.25, -0.2) is 0 Å². The molecule has 14 heavy (non-hydrogen) atoms. The third-order valence-corrected chi connectivity index (χ3v) is 1.94. The van der Waals surface area contributed by atoms with Crippen LogP contribution in [0.2, 0.25) is 0 Å². The van der Waals surface area contributed by atoms with E-state index in [9.17, 15) is 0 Å². The maximum atomic E-state index is 4.27. The van der Waals surface area contributed by atoms with Crippen LogP contribution in [0, 0.1) is 0 Å². The first-order valence-corrected chi connectivity index (χ1v) is 5.13. The highest BCUT2D eigenvalue weighted by atomic mass is 14.7. The van der Waals surface area contributed by atoms with Gasteiger partial charge in [0.1, 0.15) is 0 Å². The van der Waals surface area contributed by atoms with Crippen LogP contribution in [0.5, 0.6) is 0 Å². The number of aliphatic imine (C=N–C) groups is 1. The summed E-state index contributed by atoms with van der Waals surface area (Å²) in [6.07, 6.45) is 5.20. The van der Waals surface area contributed by atoms with Gasteiger partial charge in [0.2, 0.25) is 0 Å². The van der Waals surface area contributed by atoms with E-state index in [-0.39, 0.29) is 0 Å². The standard InChI is InChI=1S/C13H17N/c1-3-8-13(11-14-4-2)12-9-6-5-7-10-12/h5-11H,3-4H2,1-2H3/b13-8+,14-11?. The van der Waals surface area contributed by atoms with Gasteiger partial charge in [-0.2, -0.15) is 0 Å². The highest BCUT2D eigenvalue weighted by Crippen LogP contribution is 2.12. The van der Waals surface area contributed by atoms with Crippen LogP contribution in [0.3, 0.4) is 0 Å². The van der Waals surface area contributed by atoms with E-state index in [1.54, 1.807) is 0 Å². The number of hydrogen-bond acceptors (Lipinski definition) is 1. The van der Waals surface area contributed by atoms with Gasteiger partial charge in [-0.05, 0) is 24.5 Å². The molecule has 0 radical (unpaired) electrons. The largest absolute Gasteiger partial charge is 0.293 e. The van der Waals surface area contributed by atoms with Gasteiger partial charge >= 0.3 is 0 Å². The van der Waals surface area contributed by atoms with Crippen molar-refractivity contribution in [2.24, 2.45) is 4.99 Å². The van der Waals surface area contributed by atoms with E-state index >= 15 is 0 Å². The van der Waals surface area contributed by atoms with E-state index in [2.05, 4.69) is 42.3 Å². The van der Waals surface area contributed by atoms with Crippen LogP contribution in [0.15, 0.2) is 41.4 Å². The smallest absolute Gasteiger partial charge is 0.0361 e. The van der Waals surface area contributed by atoms with Crippen LogP contribution < -0.4 is 0 Å². The molecule has 0 saturated carbocycles. The number of hydrogen-bond donors (Lipinski definition) is 0. The molecule has 1 heteroatoms. The molecule has 0 saturated heterocycles. The van der Waals surface area contributed by atoms with Crippen molar-refractivity contribution in [3.05, 3.63) is 42.0 Å². The van der Waals surface area contributed by atoms with Crippen molar-refractivity contribution in [3.63, 3.8) is 0 Å². The van der Waals surface area contributed by atoms with Gasteiger partial charge in [0.25, 0.3) is 0 Å². The maximum Gasteiger partial charge on any atom is 0.0361 e. The maximum absolute atomic E-state index is 4.27. The van der Waals surface area contributed by atoms with E-state index < -0.39 is 0 Å². The molecule has 1 rings (SSSR count). The van der Waals surface area contributed by atoms with E-state index in [0.717, 1.165) is 13.0 Å². The summed E-state index contributed by atoms with van der Waals surface area (Å²) in [5, 5.41) is 0. The van der Waals surface area contributed by atoms with Crippen LogP contribution >= 0.6 is 0 Å². The fraction of sp³-hybridized carbons (Fsp3) is 0.308. The molecule has 0 fully saturated rings. The molecule has 0 N–H and O–H groups in total. The lowest BCUT2D eigenvalue weighted by molar-refractivity contribution is 1.14. The normalized spacial score (nSPS) is 12.3. The lowest BCUT2D eigenvalue weighted by atomic mass is 10.1. The Bertz CT molecular complexity index is 309. The molecule has 1 nitrogen and oxygen atoms in total. The van der Waals surface area contributed by atoms with Crippen molar-refractivity contribution >= 4 is 11.8 Å². The van der Waals surface area contributed by atoms with Crippen molar-refractivity contribution in [1.29, 1.82) is 0 Å². The van der Waals surface area contributed by atoms with Gasteiger partial charge in [-0.15, -0.1) is 0 Å². The third kappa shape index (κ3) is 3.17. The summed E-state index contributed by atoms with van der Waals surface area (Å²) in [4.78, 5) is 4.27. The second-order valence-corrected chi connectivity index (χ2v) is 3.06. The average Bonchev–Trinajstić information content (AvgIpc) is 2.25. The summed E-state index contributed by atoms with van der Waals surface area (Å²) in [6.45, 7) is 5.03. The van der Waals surface area contributed by atoms with Crippen molar-refractivity contribution in [3.8, 4) is 0 Å². The van der Waals surface area contributed by atoms with Gasteiger partial charge in [0.05, 0.1) is 0 Å². The summed E-state index contributed by atoms with van der Waals surface area (Å²) in [5.74, 6) is 0. The number of benzene rings is 1. The van der Waals surface area contributed by atoms with Crippen LogP contribution in [-0.2, 0) is 0 Å². The Kier molecular flexibility index (Phi) is 4.70. The Hall–Kier alpha value is -1.37. The number of allylic oxidation sites excluding steroid dienone is 2. The SMILES string of the molecule is CC/C=C(\C=NCC)c1ccccc1. The fourth-order valence-corrected chi connectivity index (χ4v) is 1.29. The minimum Gasteiger partial charge on any atom is -0.293 e. The molecule has 0 aliphatic heterocycles.